The summed E-state index contributed by atoms with van der Waals surface area (Å²) in [5, 5.41) is 17.9. The summed E-state index contributed by atoms with van der Waals surface area (Å²) in [4.78, 5) is 34.6. The minimum absolute atomic E-state index is 0.0650. The molecule has 9 heteroatoms. The highest BCUT2D eigenvalue weighted by atomic mass is 16.6. The van der Waals surface area contributed by atoms with Crippen molar-refractivity contribution in [2.24, 2.45) is 0 Å². The number of aromatic amines is 1. The maximum absolute atomic E-state index is 13.3. The van der Waals surface area contributed by atoms with Crippen molar-refractivity contribution in [2.45, 2.75) is 39.0 Å². The van der Waals surface area contributed by atoms with Crippen molar-refractivity contribution < 1.29 is 9.72 Å². The summed E-state index contributed by atoms with van der Waals surface area (Å²) in [7, 11) is 0. The van der Waals surface area contributed by atoms with Crippen molar-refractivity contribution >= 4 is 34.2 Å². The van der Waals surface area contributed by atoms with Crippen LogP contribution in [-0.2, 0) is 11.2 Å². The Bertz CT molecular complexity index is 1630. The number of nitro groups is 1. The number of hydrogen-bond acceptors (Lipinski definition) is 6. The van der Waals surface area contributed by atoms with Crippen molar-refractivity contribution in [2.75, 3.05) is 30.3 Å². The molecule has 2 aliphatic rings. The first-order chi connectivity index (χ1) is 20.4. The Kier molecular flexibility index (Phi) is 7.83. The number of amides is 1. The van der Waals surface area contributed by atoms with Gasteiger partial charge in [-0.3, -0.25) is 14.9 Å². The van der Waals surface area contributed by atoms with Crippen molar-refractivity contribution in [1.82, 2.24) is 14.9 Å². The van der Waals surface area contributed by atoms with Gasteiger partial charge in [0.25, 0.3) is 11.6 Å². The summed E-state index contributed by atoms with van der Waals surface area (Å²) in [5.41, 5.74) is 6.63. The molecule has 6 rings (SSSR count). The lowest BCUT2D eigenvalue weighted by atomic mass is 9.98. The van der Waals surface area contributed by atoms with E-state index in [9.17, 15) is 14.9 Å². The van der Waals surface area contributed by atoms with Crippen LogP contribution in [0.4, 0.5) is 17.1 Å². The van der Waals surface area contributed by atoms with Gasteiger partial charge in [-0.25, -0.2) is 4.98 Å². The van der Waals surface area contributed by atoms with Crippen LogP contribution in [0, 0.1) is 17.0 Å². The summed E-state index contributed by atoms with van der Waals surface area (Å²) in [5.74, 6) is 0.538. The smallest absolute Gasteiger partial charge is 0.270 e. The fourth-order valence-corrected chi connectivity index (χ4v) is 5.76. The second-order valence-electron chi connectivity index (χ2n) is 11.0. The van der Waals surface area contributed by atoms with Crippen LogP contribution in [0.5, 0.6) is 0 Å². The number of piperidine rings is 1. The second kappa shape index (κ2) is 12.0. The highest BCUT2D eigenvalue weighted by Gasteiger charge is 2.30. The number of aromatic nitrogens is 2. The highest BCUT2D eigenvalue weighted by molar-refractivity contribution is 6.37. The number of aryl methyl sites for hydroxylation is 2. The number of carbonyl (C=O) groups is 1. The lowest BCUT2D eigenvalue weighted by molar-refractivity contribution is -0.384. The summed E-state index contributed by atoms with van der Waals surface area (Å²) in [6, 6.07) is 20.5. The Morgan fingerprint density at radius 1 is 1.02 bits per heavy atom. The van der Waals surface area contributed by atoms with Crippen molar-refractivity contribution in [3.05, 3.63) is 106 Å². The zero-order valence-electron chi connectivity index (χ0n) is 23.7. The van der Waals surface area contributed by atoms with Gasteiger partial charge in [0, 0.05) is 40.8 Å². The first-order valence-electron chi connectivity index (χ1n) is 14.5. The Morgan fingerprint density at radius 3 is 2.48 bits per heavy atom. The molecule has 0 atom stereocenters. The lowest BCUT2D eigenvalue weighted by Gasteiger charge is -2.26. The van der Waals surface area contributed by atoms with E-state index in [0.717, 1.165) is 47.7 Å². The quantitative estimate of drug-likeness (QED) is 0.120. The van der Waals surface area contributed by atoms with Gasteiger partial charge < -0.3 is 20.5 Å². The standard InChI is InChI=1S/C33H34N6O3/c1-22-34-21-30(35-22)24-11-13-26(14-12-24)36-32(31-28-20-27(39(41)42)15-16-29(28)37-33(31)40)25-9-7-23(8-10-25)6-5-19-38-17-3-2-4-18-38/h7-16,20-21,36H,2-6,17-19H2,1H3,(H,34,35)(H,37,40). The molecule has 0 spiro atoms. The topological polar surface area (TPSA) is 116 Å². The molecule has 42 heavy (non-hydrogen) atoms. The Labute approximate surface area is 244 Å². The number of rotatable bonds is 9. The Morgan fingerprint density at radius 2 is 1.79 bits per heavy atom. The van der Waals surface area contributed by atoms with E-state index >= 15 is 0 Å². The molecule has 0 unspecified atom stereocenters. The van der Waals surface area contributed by atoms with Crippen LogP contribution in [0.25, 0.3) is 22.5 Å². The minimum Gasteiger partial charge on any atom is -0.354 e. The van der Waals surface area contributed by atoms with E-state index < -0.39 is 4.92 Å². The molecule has 3 heterocycles. The number of H-pyrrole nitrogens is 1. The molecule has 4 aromatic rings. The van der Waals surface area contributed by atoms with E-state index in [2.05, 4.69) is 37.6 Å². The SMILES string of the molecule is Cc1nc(-c2ccc(NC(=C3C(=O)Nc4ccc([N+](=O)[O-])cc43)c3ccc(CCCN4CCCCC4)cc3)cc2)c[nH]1. The van der Waals surface area contributed by atoms with Crippen molar-refractivity contribution in [1.29, 1.82) is 0 Å². The first kappa shape index (κ1) is 27.4. The van der Waals surface area contributed by atoms with Gasteiger partial charge in [0.2, 0.25) is 0 Å². The largest absolute Gasteiger partial charge is 0.354 e. The number of carbonyl (C=O) groups excluding carboxylic acids is 1. The number of non-ortho nitro benzene ring substituents is 1. The average Bonchev–Trinajstić information content (AvgIpc) is 3.59. The van der Waals surface area contributed by atoms with Gasteiger partial charge in [0.15, 0.2) is 0 Å². The van der Waals surface area contributed by atoms with Gasteiger partial charge in [-0.15, -0.1) is 0 Å². The molecular weight excluding hydrogens is 528 g/mol. The number of nitrogens with one attached hydrogen (secondary N) is 3. The highest BCUT2D eigenvalue weighted by Crippen LogP contribution is 2.39. The van der Waals surface area contributed by atoms with Crippen LogP contribution in [-0.4, -0.2) is 45.3 Å². The fraction of sp³-hybridized carbons (Fsp3) is 0.273. The fourth-order valence-electron chi connectivity index (χ4n) is 5.76. The molecule has 1 saturated heterocycles. The Balaban J connectivity index is 1.31. The number of hydrogen-bond donors (Lipinski definition) is 3. The molecule has 0 radical (unpaired) electrons. The van der Waals surface area contributed by atoms with E-state index in [-0.39, 0.29) is 11.6 Å². The van der Waals surface area contributed by atoms with Gasteiger partial charge in [-0.1, -0.05) is 42.8 Å². The summed E-state index contributed by atoms with van der Waals surface area (Å²) < 4.78 is 0. The molecule has 3 aromatic carbocycles. The average molecular weight is 563 g/mol. The maximum atomic E-state index is 13.3. The predicted molar refractivity (Wildman–Crippen MR) is 166 cm³/mol. The summed E-state index contributed by atoms with van der Waals surface area (Å²) in [6.07, 6.45) is 7.89. The number of nitro benzene ring substituents is 1. The van der Waals surface area contributed by atoms with Crippen molar-refractivity contribution in [3.63, 3.8) is 0 Å². The van der Waals surface area contributed by atoms with Crippen LogP contribution in [0.1, 0.15) is 48.2 Å². The monoisotopic (exact) mass is 562 g/mol. The number of fused-ring (bicyclic) bond motifs is 1. The molecular formula is C33H34N6O3. The third-order valence-electron chi connectivity index (χ3n) is 8.00. The van der Waals surface area contributed by atoms with Gasteiger partial charge in [-0.2, -0.15) is 0 Å². The van der Waals surface area contributed by atoms with E-state index in [1.807, 2.05) is 49.5 Å². The third kappa shape index (κ3) is 5.96. The number of imidazole rings is 1. The zero-order chi connectivity index (χ0) is 29.1. The molecule has 0 bridgehead atoms. The molecule has 9 nitrogen and oxygen atoms in total. The number of nitrogens with zero attached hydrogens (tertiary/aromatic N) is 3. The lowest BCUT2D eigenvalue weighted by Crippen LogP contribution is -2.30. The molecule has 1 fully saturated rings. The third-order valence-corrected chi connectivity index (χ3v) is 8.00. The maximum Gasteiger partial charge on any atom is 0.270 e. The van der Waals surface area contributed by atoms with Gasteiger partial charge in [0.1, 0.15) is 5.82 Å². The van der Waals surface area contributed by atoms with Gasteiger partial charge in [0.05, 0.1) is 21.9 Å². The van der Waals surface area contributed by atoms with E-state index in [0.29, 0.717) is 22.5 Å². The molecule has 0 saturated carbocycles. The van der Waals surface area contributed by atoms with Crippen LogP contribution < -0.4 is 10.6 Å². The molecule has 214 valence electrons. The summed E-state index contributed by atoms with van der Waals surface area (Å²) >= 11 is 0. The Hall–Kier alpha value is -4.76. The van der Waals surface area contributed by atoms with Crippen LogP contribution >= 0.6 is 0 Å². The zero-order valence-corrected chi connectivity index (χ0v) is 23.7. The molecule has 3 N–H and O–H groups in total. The number of likely N-dealkylation sites (tertiary alicyclic amines) is 1. The van der Waals surface area contributed by atoms with Gasteiger partial charge in [-0.05, 0) is 81.6 Å². The molecule has 0 aliphatic carbocycles. The van der Waals surface area contributed by atoms with Crippen LogP contribution in [0.15, 0.2) is 72.9 Å². The van der Waals surface area contributed by atoms with E-state index in [4.69, 9.17) is 0 Å². The predicted octanol–water partition coefficient (Wildman–Crippen LogP) is 6.64. The van der Waals surface area contributed by atoms with Crippen LogP contribution in [0.2, 0.25) is 0 Å². The van der Waals surface area contributed by atoms with E-state index in [1.54, 1.807) is 6.07 Å². The first-order valence-corrected chi connectivity index (χ1v) is 14.5. The second-order valence-corrected chi connectivity index (χ2v) is 11.0. The molecule has 2 aliphatic heterocycles. The van der Waals surface area contributed by atoms with Crippen molar-refractivity contribution in [3.8, 4) is 11.3 Å². The van der Waals surface area contributed by atoms with E-state index in [1.165, 1.54) is 50.0 Å². The normalized spacial score (nSPS) is 16.2. The van der Waals surface area contributed by atoms with Crippen LogP contribution in [0.3, 0.4) is 0 Å². The molecule has 1 aromatic heterocycles. The number of anilines is 2. The number of benzene rings is 3. The minimum atomic E-state index is -0.442. The summed E-state index contributed by atoms with van der Waals surface area (Å²) in [6.45, 7) is 5.42. The molecule has 1 amide bonds. The van der Waals surface area contributed by atoms with Gasteiger partial charge >= 0.3 is 0 Å².